The van der Waals surface area contributed by atoms with Crippen molar-refractivity contribution < 1.29 is 9.59 Å². The van der Waals surface area contributed by atoms with E-state index in [1.165, 1.54) is 4.90 Å². The van der Waals surface area contributed by atoms with Gasteiger partial charge in [0, 0.05) is 23.1 Å². The maximum Gasteiger partial charge on any atom is 0.233 e. The van der Waals surface area contributed by atoms with E-state index in [0.717, 1.165) is 11.3 Å². The molecule has 2 rings (SSSR count). The van der Waals surface area contributed by atoms with Crippen molar-refractivity contribution in [3.8, 4) is 0 Å². The summed E-state index contributed by atoms with van der Waals surface area (Å²) >= 11 is 0. The van der Waals surface area contributed by atoms with Crippen molar-refractivity contribution in [2.45, 2.75) is 27.3 Å². The number of hydrogen-bond acceptors (Lipinski definition) is 3. The Morgan fingerprint density at radius 1 is 1.31 bits per heavy atom. The number of aromatic nitrogens is 2. The van der Waals surface area contributed by atoms with E-state index in [4.69, 9.17) is 0 Å². The lowest BCUT2D eigenvalue weighted by atomic mass is 10.00. The van der Waals surface area contributed by atoms with Gasteiger partial charge in [0.05, 0.1) is 12.7 Å². The number of H-pyrrole nitrogens is 1. The van der Waals surface area contributed by atoms with E-state index in [-0.39, 0.29) is 23.7 Å². The summed E-state index contributed by atoms with van der Waals surface area (Å²) < 4.78 is 0. The van der Waals surface area contributed by atoms with E-state index in [9.17, 15) is 9.59 Å². The fourth-order valence-corrected chi connectivity index (χ4v) is 1.89. The molecule has 0 aromatic carbocycles. The highest BCUT2D eigenvalue weighted by molar-refractivity contribution is 6.04. The summed E-state index contributed by atoms with van der Waals surface area (Å²) in [5.41, 5.74) is 1.79. The van der Waals surface area contributed by atoms with E-state index in [1.54, 1.807) is 20.0 Å². The number of rotatable bonds is 2. The number of amides is 2. The number of likely N-dealkylation sites (tertiary alicyclic amines) is 1. The van der Waals surface area contributed by atoms with Gasteiger partial charge in [-0.25, -0.2) is 0 Å². The van der Waals surface area contributed by atoms with Crippen LogP contribution in [-0.2, 0) is 16.1 Å². The van der Waals surface area contributed by atoms with Crippen LogP contribution in [0.5, 0.6) is 0 Å². The highest BCUT2D eigenvalue weighted by Gasteiger charge is 2.42. The number of nitrogens with one attached hydrogen (secondary N) is 1. The number of hydrogen-bond donors (Lipinski definition) is 1. The Kier molecular flexibility index (Phi) is 2.53. The van der Waals surface area contributed by atoms with Crippen molar-refractivity contribution in [1.82, 2.24) is 15.1 Å². The van der Waals surface area contributed by atoms with Crippen LogP contribution in [0.3, 0.4) is 0 Å². The van der Waals surface area contributed by atoms with Gasteiger partial charge in [0.25, 0.3) is 0 Å². The summed E-state index contributed by atoms with van der Waals surface area (Å²) in [6.07, 6.45) is 1.66. The molecule has 0 bridgehead atoms. The first-order valence-electron chi connectivity index (χ1n) is 5.36. The van der Waals surface area contributed by atoms with Gasteiger partial charge < -0.3 is 0 Å². The summed E-state index contributed by atoms with van der Waals surface area (Å²) in [6.45, 7) is 5.80. The third kappa shape index (κ3) is 1.52. The van der Waals surface area contributed by atoms with Gasteiger partial charge in [0.1, 0.15) is 0 Å². The van der Waals surface area contributed by atoms with Gasteiger partial charge in [-0.2, -0.15) is 5.10 Å². The van der Waals surface area contributed by atoms with Crippen molar-refractivity contribution in [3.63, 3.8) is 0 Å². The molecule has 5 nitrogen and oxygen atoms in total. The van der Waals surface area contributed by atoms with Crippen molar-refractivity contribution in [1.29, 1.82) is 0 Å². The second kappa shape index (κ2) is 3.73. The molecule has 5 heteroatoms. The molecule has 1 aliphatic heterocycles. The van der Waals surface area contributed by atoms with Crippen LogP contribution >= 0.6 is 0 Å². The monoisotopic (exact) mass is 221 g/mol. The summed E-state index contributed by atoms with van der Waals surface area (Å²) in [5.74, 6) is -0.587. The Hall–Kier alpha value is -1.65. The van der Waals surface area contributed by atoms with Crippen LogP contribution in [0, 0.1) is 18.8 Å². The minimum Gasteiger partial charge on any atom is -0.283 e. The summed E-state index contributed by atoms with van der Waals surface area (Å²) in [7, 11) is 0. The van der Waals surface area contributed by atoms with Crippen molar-refractivity contribution in [2.75, 3.05) is 0 Å². The number of imide groups is 1. The van der Waals surface area contributed by atoms with Crippen LogP contribution in [-0.4, -0.2) is 26.9 Å². The molecule has 2 amide bonds. The molecule has 1 N–H and O–H groups in total. The molecule has 0 aliphatic carbocycles. The summed E-state index contributed by atoms with van der Waals surface area (Å²) in [4.78, 5) is 25.0. The molecule has 2 heterocycles. The van der Waals surface area contributed by atoms with Gasteiger partial charge in [-0.1, -0.05) is 13.8 Å². The first-order valence-corrected chi connectivity index (χ1v) is 5.36. The average Bonchev–Trinajstić information content (AvgIpc) is 2.73. The van der Waals surface area contributed by atoms with Crippen LogP contribution in [0.2, 0.25) is 0 Å². The summed E-state index contributed by atoms with van der Waals surface area (Å²) in [5, 5.41) is 6.67. The fraction of sp³-hybridized carbons (Fsp3) is 0.545. The molecule has 0 radical (unpaired) electrons. The maximum atomic E-state index is 11.8. The highest BCUT2D eigenvalue weighted by atomic mass is 16.2. The van der Waals surface area contributed by atoms with Crippen molar-refractivity contribution in [3.05, 3.63) is 17.5 Å². The normalized spacial score (nSPS) is 25.6. The van der Waals surface area contributed by atoms with E-state index < -0.39 is 0 Å². The second-order valence-electron chi connectivity index (χ2n) is 4.36. The molecule has 1 fully saturated rings. The Morgan fingerprint density at radius 3 is 2.31 bits per heavy atom. The van der Waals surface area contributed by atoms with Gasteiger partial charge in [-0.15, -0.1) is 0 Å². The van der Waals surface area contributed by atoms with Gasteiger partial charge >= 0.3 is 0 Å². The fourth-order valence-electron chi connectivity index (χ4n) is 1.89. The third-order valence-electron chi connectivity index (χ3n) is 3.32. The van der Waals surface area contributed by atoms with Crippen LogP contribution in [0.25, 0.3) is 0 Å². The second-order valence-corrected chi connectivity index (χ2v) is 4.36. The van der Waals surface area contributed by atoms with E-state index in [0.29, 0.717) is 6.54 Å². The molecule has 2 atom stereocenters. The molecular weight excluding hydrogens is 206 g/mol. The number of aryl methyl sites for hydroxylation is 1. The molecule has 1 aliphatic rings. The third-order valence-corrected chi connectivity index (χ3v) is 3.32. The van der Waals surface area contributed by atoms with E-state index in [2.05, 4.69) is 10.2 Å². The molecule has 1 saturated heterocycles. The number of carbonyl (C=O) groups excluding carboxylic acids is 2. The average molecular weight is 221 g/mol. The minimum atomic E-state index is -0.209. The first-order chi connectivity index (χ1) is 7.52. The number of nitrogens with zero attached hydrogens (tertiary/aromatic N) is 2. The number of aromatic amines is 1. The standard InChI is InChI=1S/C11H15N3O2/c1-6-7(2)11(16)14(10(6)15)5-9-4-12-13-8(9)3/h4,6-7H,5H2,1-3H3,(H,12,13). The SMILES string of the molecule is Cc1[nH]ncc1CN1C(=O)C(C)C(C)C1=O. The molecular formula is C11H15N3O2. The first kappa shape index (κ1) is 10.9. The van der Waals surface area contributed by atoms with Gasteiger partial charge in [-0.3, -0.25) is 19.6 Å². The zero-order valence-corrected chi connectivity index (χ0v) is 9.65. The van der Waals surface area contributed by atoms with Crippen molar-refractivity contribution in [2.24, 2.45) is 11.8 Å². The lowest BCUT2D eigenvalue weighted by molar-refractivity contribution is -0.140. The largest absolute Gasteiger partial charge is 0.283 e. The van der Waals surface area contributed by atoms with Crippen LogP contribution in [0.1, 0.15) is 25.1 Å². The Labute approximate surface area is 93.8 Å². The molecule has 1 aromatic heterocycles. The van der Waals surface area contributed by atoms with Gasteiger partial charge in [-0.05, 0) is 6.92 Å². The van der Waals surface area contributed by atoms with Crippen LogP contribution in [0.4, 0.5) is 0 Å². The Balaban J connectivity index is 2.20. The van der Waals surface area contributed by atoms with Crippen molar-refractivity contribution >= 4 is 11.8 Å². The molecule has 1 aromatic rings. The topological polar surface area (TPSA) is 66.1 Å². The molecule has 86 valence electrons. The van der Waals surface area contributed by atoms with Crippen LogP contribution < -0.4 is 0 Å². The zero-order valence-electron chi connectivity index (χ0n) is 9.65. The van der Waals surface area contributed by atoms with Gasteiger partial charge in [0.2, 0.25) is 11.8 Å². The Morgan fingerprint density at radius 2 is 1.88 bits per heavy atom. The van der Waals surface area contributed by atoms with Crippen LogP contribution in [0.15, 0.2) is 6.20 Å². The van der Waals surface area contributed by atoms with E-state index >= 15 is 0 Å². The van der Waals surface area contributed by atoms with E-state index in [1.807, 2.05) is 6.92 Å². The molecule has 16 heavy (non-hydrogen) atoms. The molecule has 0 saturated carbocycles. The predicted octanol–water partition coefficient (Wildman–Crippen LogP) is 0.859. The minimum absolute atomic E-state index is 0.0851. The predicted molar refractivity (Wildman–Crippen MR) is 57.2 cm³/mol. The number of carbonyl (C=O) groups is 2. The maximum absolute atomic E-state index is 11.8. The smallest absolute Gasteiger partial charge is 0.233 e. The quantitative estimate of drug-likeness (QED) is 0.753. The Bertz CT molecular complexity index is 418. The zero-order chi connectivity index (χ0) is 11.9. The summed E-state index contributed by atoms with van der Waals surface area (Å²) in [6, 6.07) is 0. The lowest BCUT2D eigenvalue weighted by Gasteiger charge is -2.13. The molecule has 2 unspecified atom stereocenters. The van der Waals surface area contributed by atoms with Gasteiger partial charge in [0.15, 0.2) is 0 Å². The lowest BCUT2D eigenvalue weighted by Crippen LogP contribution is -2.30. The highest BCUT2D eigenvalue weighted by Crippen LogP contribution is 2.26. The molecule has 0 spiro atoms.